The fourth-order valence-corrected chi connectivity index (χ4v) is 2.12. The van der Waals surface area contributed by atoms with Crippen LogP contribution in [0, 0.1) is 0 Å². The van der Waals surface area contributed by atoms with E-state index in [0.29, 0.717) is 23.1 Å². The van der Waals surface area contributed by atoms with Crippen LogP contribution in [0.5, 0.6) is 0 Å². The molecule has 1 aromatic carbocycles. The second-order valence-electron chi connectivity index (χ2n) is 5.43. The van der Waals surface area contributed by atoms with Crippen molar-refractivity contribution >= 4 is 23.4 Å². The molecule has 0 unspecified atom stereocenters. The van der Waals surface area contributed by atoms with Gasteiger partial charge in [0.2, 0.25) is 0 Å². The van der Waals surface area contributed by atoms with E-state index in [1.54, 1.807) is 31.2 Å². The van der Waals surface area contributed by atoms with Gasteiger partial charge < -0.3 is 15.4 Å². The second-order valence-corrected chi connectivity index (χ2v) is 5.43. The van der Waals surface area contributed by atoms with Crippen molar-refractivity contribution in [3.8, 4) is 0 Å². The smallest absolute Gasteiger partial charge is 0.340 e. The predicted molar refractivity (Wildman–Crippen MR) is 89.0 cm³/mol. The molecule has 1 saturated carbocycles. The summed E-state index contributed by atoms with van der Waals surface area (Å²) >= 11 is 0. The van der Waals surface area contributed by atoms with Gasteiger partial charge in [0, 0.05) is 6.04 Å². The van der Waals surface area contributed by atoms with Crippen molar-refractivity contribution < 1.29 is 14.3 Å². The molecule has 0 bridgehead atoms. The molecule has 24 heavy (non-hydrogen) atoms. The van der Waals surface area contributed by atoms with Crippen molar-refractivity contribution in [1.82, 2.24) is 9.97 Å². The van der Waals surface area contributed by atoms with Gasteiger partial charge in [-0.2, -0.15) is 0 Å². The summed E-state index contributed by atoms with van der Waals surface area (Å²) in [5.74, 6) is -0.262. The van der Waals surface area contributed by atoms with Crippen LogP contribution in [0.25, 0.3) is 0 Å². The third-order valence-electron chi connectivity index (χ3n) is 3.48. The van der Waals surface area contributed by atoms with Crippen molar-refractivity contribution in [1.29, 1.82) is 0 Å². The van der Waals surface area contributed by atoms with E-state index in [1.165, 1.54) is 12.4 Å². The maximum Gasteiger partial charge on any atom is 0.340 e. The SMILES string of the molecule is CCOC(=O)c1ccccc1NC(=O)c1cnc(NC2CC2)cn1. The number of nitrogens with zero attached hydrogens (tertiary/aromatic N) is 2. The molecule has 0 spiro atoms. The third-order valence-corrected chi connectivity index (χ3v) is 3.48. The number of benzene rings is 1. The first-order valence-electron chi connectivity index (χ1n) is 7.83. The summed E-state index contributed by atoms with van der Waals surface area (Å²) in [6.45, 7) is 1.99. The van der Waals surface area contributed by atoms with Crippen LogP contribution in [0.15, 0.2) is 36.7 Å². The molecule has 2 aromatic rings. The van der Waals surface area contributed by atoms with Gasteiger partial charge >= 0.3 is 5.97 Å². The highest BCUT2D eigenvalue weighted by Gasteiger charge is 2.21. The molecule has 1 fully saturated rings. The number of hydrogen-bond donors (Lipinski definition) is 2. The summed E-state index contributed by atoms with van der Waals surface area (Å²) in [6, 6.07) is 7.14. The van der Waals surface area contributed by atoms with E-state index < -0.39 is 11.9 Å². The number of nitrogens with one attached hydrogen (secondary N) is 2. The van der Waals surface area contributed by atoms with Crippen LogP contribution >= 0.6 is 0 Å². The maximum atomic E-state index is 12.3. The van der Waals surface area contributed by atoms with E-state index in [0.717, 1.165) is 12.8 Å². The van der Waals surface area contributed by atoms with E-state index in [2.05, 4.69) is 20.6 Å². The Morgan fingerprint density at radius 3 is 2.67 bits per heavy atom. The normalized spacial score (nSPS) is 13.2. The number of esters is 1. The van der Waals surface area contributed by atoms with Crippen LogP contribution in [-0.2, 0) is 4.74 Å². The van der Waals surface area contributed by atoms with E-state index in [9.17, 15) is 9.59 Å². The van der Waals surface area contributed by atoms with Crippen molar-refractivity contribution in [2.75, 3.05) is 17.2 Å². The van der Waals surface area contributed by atoms with Crippen LogP contribution in [0.4, 0.5) is 11.5 Å². The van der Waals surface area contributed by atoms with Crippen LogP contribution in [0.2, 0.25) is 0 Å². The number of hydrogen-bond acceptors (Lipinski definition) is 6. The number of aromatic nitrogens is 2. The van der Waals surface area contributed by atoms with E-state index >= 15 is 0 Å². The van der Waals surface area contributed by atoms with Crippen LogP contribution < -0.4 is 10.6 Å². The van der Waals surface area contributed by atoms with E-state index in [1.807, 2.05) is 0 Å². The molecule has 1 amide bonds. The zero-order valence-corrected chi connectivity index (χ0v) is 13.3. The van der Waals surface area contributed by atoms with Crippen LogP contribution in [-0.4, -0.2) is 34.5 Å². The number of amides is 1. The van der Waals surface area contributed by atoms with Gasteiger partial charge in [-0.15, -0.1) is 0 Å². The van der Waals surface area contributed by atoms with Crippen molar-refractivity contribution in [3.63, 3.8) is 0 Å². The lowest BCUT2D eigenvalue weighted by molar-refractivity contribution is 0.0527. The summed E-state index contributed by atoms with van der Waals surface area (Å²) in [5, 5.41) is 5.88. The van der Waals surface area contributed by atoms with Gasteiger partial charge in [0.25, 0.3) is 5.91 Å². The third kappa shape index (κ3) is 3.87. The molecule has 3 rings (SSSR count). The van der Waals surface area contributed by atoms with Gasteiger partial charge in [-0.1, -0.05) is 12.1 Å². The van der Waals surface area contributed by atoms with Gasteiger partial charge in [-0.25, -0.2) is 14.8 Å². The molecule has 1 aromatic heterocycles. The lowest BCUT2D eigenvalue weighted by Crippen LogP contribution is -2.17. The van der Waals surface area contributed by atoms with Gasteiger partial charge in [0.15, 0.2) is 0 Å². The summed E-state index contributed by atoms with van der Waals surface area (Å²) < 4.78 is 4.99. The lowest BCUT2D eigenvalue weighted by atomic mass is 10.1. The monoisotopic (exact) mass is 326 g/mol. The van der Waals surface area contributed by atoms with Gasteiger partial charge in [0.05, 0.1) is 30.3 Å². The van der Waals surface area contributed by atoms with E-state index in [-0.39, 0.29) is 12.3 Å². The van der Waals surface area contributed by atoms with Crippen LogP contribution in [0.1, 0.15) is 40.6 Å². The highest BCUT2D eigenvalue weighted by atomic mass is 16.5. The Kier molecular flexibility index (Phi) is 4.69. The van der Waals surface area contributed by atoms with Crippen molar-refractivity contribution in [2.24, 2.45) is 0 Å². The number of rotatable bonds is 6. The quantitative estimate of drug-likeness (QED) is 0.792. The van der Waals surface area contributed by atoms with Gasteiger partial charge in [-0.3, -0.25) is 4.79 Å². The Bertz CT molecular complexity index is 742. The fraction of sp³-hybridized carbons (Fsp3) is 0.294. The number of anilines is 2. The molecule has 0 saturated heterocycles. The topological polar surface area (TPSA) is 93.2 Å². The standard InChI is InChI=1S/C17H18N4O3/c1-2-24-17(23)12-5-3-4-6-13(12)21-16(22)14-9-19-15(10-18-14)20-11-7-8-11/h3-6,9-11H,2,7-8H2,1H3,(H,19,20)(H,21,22). The summed E-state index contributed by atoms with van der Waals surface area (Å²) in [7, 11) is 0. The van der Waals surface area contributed by atoms with E-state index in [4.69, 9.17) is 4.74 Å². The molecule has 0 aliphatic heterocycles. The largest absolute Gasteiger partial charge is 0.462 e. The first-order chi connectivity index (χ1) is 11.7. The zero-order valence-electron chi connectivity index (χ0n) is 13.3. The average molecular weight is 326 g/mol. The average Bonchev–Trinajstić information content (AvgIpc) is 3.40. The Morgan fingerprint density at radius 2 is 2.00 bits per heavy atom. The lowest BCUT2D eigenvalue weighted by Gasteiger charge is -2.10. The van der Waals surface area contributed by atoms with Gasteiger partial charge in [0.1, 0.15) is 11.5 Å². The molecule has 0 atom stereocenters. The minimum atomic E-state index is -0.483. The molecular formula is C17H18N4O3. The molecule has 1 aliphatic carbocycles. The van der Waals surface area contributed by atoms with Crippen LogP contribution in [0.3, 0.4) is 0 Å². The minimum Gasteiger partial charge on any atom is -0.462 e. The summed E-state index contributed by atoms with van der Waals surface area (Å²) in [4.78, 5) is 32.5. The number of para-hydroxylation sites is 1. The predicted octanol–water partition coefficient (Wildman–Crippen LogP) is 2.48. The Labute approximate surface area is 139 Å². The molecule has 124 valence electrons. The molecular weight excluding hydrogens is 308 g/mol. The summed E-state index contributed by atoms with van der Waals surface area (Å²) in [6.07, 6.45) is 5.21. The highest BCUT2D eigenvalue weighted by molar-refractivity contribution is 6.06. The Morgan fingerprint density at radius 1 is 1.21 bits per heavy atom. The first kappa shape index (κ1) is 15.9. The summed E-state index contributed by atoms with van der Waals surface area (Å²) in [5.41, 5.74) is 0.852. The number of ether oxygens (including phenoxy) is 1. The molecule has 1 aliphatic rings. The molecule has 1 heterocycles. The molecule has 0 radical (unpaired) electrons. The Balaban J connectivity index is 1.71. The highest BCUT2D eigenvalue weighted by Crippen LogP contribution is 2.23. The number of carbonyl (C=O) groups excluding carboxylic acids is 2. The first-order valence-corrected chi connectivity index (χ1v) is 7.83. The molecule has 2 N–H and O–H groups in total. The second kappa shape index (κ2) is 7.08. The maximum absolute atomic E-state index is 12.3. The molecule has 7 nitrogen and oxygen atoms in total. The minimum absolute atomic E-state index is 0.176. The van der Waals surface area contributed by atoms with Crippen molar-refractivity contribution in [3.05, 3.63) is 47.9 Å². The Hall–Kier alpha value is -2.96. The molecule has 7 heteroatoms. The fourth-order valence-electron chi connectivity index (χ4n) is 2.12. The van der Waals surface area contributed by atoms with Crippen molar-refractivity contribution in [2.45, 2.75) is 25.8 Å². The van der Waals surface area contributed by atoms with Gasteiger partial charge in [-0.05, 0) is 31.9 Å². The zero-order chi connectivity index (χ0) is 16.9. The number of carbonyl (C=O) groups is 2.